The maximum atomic E-state index is 11.7. The summed E-state index contributed by atoms with van der Waals surface area (Å²) in [6.07, 6.45) is 1.46. The monoisotopic (exact) mass is 390 g/mol. The predicted molar refractivity (Wildman–Crippen MR) is 107 cm³/mol. The zero-order valence-corrected chi connectivity index (χ0v) is 16.8. The summed E-state index contributed by atoms with van der Waals surface area (Å²) < 4.78 is 28.7. The first-order valence-electron chi connectivity index (χ1n) is 9.02. The van der Waals surface area contributed by atoms with Gasteiger partial charge in [0.2, 0.25) is 5.95 Å². The molecule has 1 aromatic carbocycles. The molecule has 7 nitrogen and oxygen atoms in total. The Morgan fingerprint density at radius 3 is 2.81 bits per heavy atom. The van der Waals surface area contributed by atoms with Crippen LogP contribution in [-0.2, 0) is 16.3 Å². The molecular weight excluding hydrogens is 364 g/mol. The molecule has 2 heterocycles. The summed E-state index contributed by atoms with van der Waals surface area (Å²) in [5.41, 5.74) is 2.03. The number of benzene rings is 1. The molecule has 8 heteroatoms. The normalized spacial score (nSPS) is 18.3. The number of hydrogen-bond donors (Lipinski definition) is 1. The fraction of sp³-hybridized carbons (Fsp3) is 0.474. The van der Waals surface area contributed by atoms with Gasteiger partial charge < -0.3 is 15.0 Å². The Morgan fingerprint density at radius 2 is 2.11 bits per heavy atom. The third-order valence-corrected chi connectivity index (χ3v) is 6.52. The van der Waals surface area contributed by atoms with E-state index in [1.807, 2.05) is 43.1 Å². The van der Waals surface area contributed by atoms with Crippen LogP contribution in [0.1, 0.15) is 17.7 Å². The van der Waals surface area contributed by atoms with E-state index < -0.39 is 9.84 Å². The number of aryl methyl sites for hydroxylation is 1. The fourth-order valence-corrected chi connectivity index (χ4v) is 4.98. The molecule has 1 atom stereocenters. The molecule has 1 fully saturated rings. The number of aromatic nitrogens is 2. The van der Waals surface area contributed by atoms with Crippen molar-refractivity contribution in [2.75, 3.05) is 42.4 Å². The minimum absolute atomic E-state index is 0.0681. The topological polar surface area (TPSA) is 84.4 Å². The maximum Gasteiger partial charge on any atom is 0.227 e. The maximum absolute atomic E-state index is 11.7. The van der Waals surface area contributed by atoms with Crippen molar-refractivity contribution in [2.24, 2.45) is 0 Å². The van der Waals surface area contributed by atoms with Crippen LogP contribution in [0.2, 0.25) is 0 Å². The second-order valence-corrected chi connectivity index (χ2v) is 9.12. The molecule has 1 aliphatic rings. The Labute approximate surface area is 160 Å². The molecule has 0 aliphatic carbocycles. The number of hydrogen-bond acceptors (Lipinski definition) is 7. The summed E-state index contributed by atoms with van der Waals surface area (Å²) in [5, 5.41) is 3.34. The SMILES string of the molecule is COc1cccc(CCNc2cc(C)nc(N(C)C3CCS(=O)(=O)C3)n2)c1. The van der Waals surface area contributed by atoms with Crippen molar-refractivity contribution in [3.8, 4) is 5.75 Å². The summed E-state index contributed by atoms with van der Waals surface area (Å²) in [5.74, 6) is 2.55. The molecule has 1 saturated heterocycles. The summed E-state index contributed by atoms with van der Waals surface area (Å²) >= 11 is 0. The predicted octanol–water partition coefficient (Wildman–Crippen LogP) is 2.07. The number of nitrogens with zero attached hydrogens (tertiary/aromatic N) is 3. The van der Waals surface area contributed by atoms with Gasteiger partial charge in [-0.15, -0.1) is 0 Å². The highest BCUT2D eigenvalue weighted by molar-refractivity contribution is 7.91. The number of anilines is 2. The van der Waals surface area contributed by atoms with Gasteiger partial charge in [0.1, 0.15) is 11.6 Å². The lowest BCUT2D eigenvalue weighted by Gasteiger charge is -2.24. The minimum Gasteiger partial charge on any atom is -0.497 e. The van der Waals surface area contributed by atoms with Crippen LogP contribution in [-0.4, -0.2) is 56.6 Å². The first kappa shape index (κ1) is 19.4. The molecule has 2 aromatic rings. The molecule has 146 valence electrons. The van der Waals surface area contributed by atoms with Crippen molar-refractivity contribution in [2.45, 2.75) is 25.8 Å². The van der Waals surface area contributed by atoms with Crippen molar-refractivity contribution in [1.82, 2.24) is 9.97 Å². The van der Waals surface area contributed by atoms with Crippen molar-refractivity contribution < 1.29 is 13.2 Å². The number of sulfone groups is 1. The van der Waals surface area contributed by atoms with Crippen molar-refractivity contribution in [3.63, 3.8) is 0 Å². The summed E-state index contributed by atoms with van der Waals surface area (Å²) in [6, 6.07) is 9.82. The fourth-order valence-electron chi connectivity index (χ4n) is 3.21. The second-order valence-electron chi connectivity index (χ2n) is 6.89. The minimum atomic E-state index is -2.94. The van der Waals surface area contributed by atoms with Gasteiger partial charge in [0.25, 0.3) is 0 Å². The van der Waals surface area contributed by atoms with E-state index >= 15 is 0 Å². The average molecular weight is 391 g/mol. The summed E-state index contributed by atoms with van der Waals surface area (Å²) in [7, 11) is 0.580. The van der Waals surface area contributed by atoms with Gasteiger partial charge in [-0.2, -0.15) is 4.98 Å². The first-order chi connectivity index (χ1) is 12.9. The highest BCUT2D eigenvalue weighted by Crippen LogP contribution is 2.22. The van der Waals surface area contributed by atoms with E-state index in [9.17, 15) is 8.42 Å². The zero-order chi connectivity index (χ0) is 19.4. The van der Waals surface area contributed by atoms with Crippen LogP contribution >= 0.6 is 0 Å². The third-order valence-electron chi connectivity index (χ3n) is 4.77. The van der Waals surface area contributed by atoms with Gasteiger partial charge in [-0.1, -0.05) is 12.1 Å². The lowest BCUT2D eigenvalue weighted by molar-refractivity contribution is 0.414. The van der Waals surface area contributed by atoms with Crippen LogP contribution in [0.4, 0.5) is 11.8 Å². The van der Waals surface area contributed by atoms with Gasteiger partial charge in [-0.3, -0.25) is 0 Å². The van der Waals surface area contributed by atoms with E-state index in [0.29, 0.717) is 12.4 Å². The number of rotatable bonds is 7. The van der Waals surface area contributed by atoms with Crippen LogP contribution < -0.4 is 15.0 Å². The van der Waals surface area contributed by atoms with E-state index in [0.717, 1.165) is 30.2 Å². The molecule has 1 N–H and O–H groups in total. The van der Waals surface area contributed by atoms with E-state index in [-0.39, 0.29) is 17.5 Å². The number of nitrogens with one attached hydrogen (secondary N) is 1. The molecule has 0 saturated carbocycles. The third kappa shape index (κ3) is 5.09. The van der Waals surface area contributed by atoms with Crippen LogP contribution in [0.5, 0.6) is 5.75 Å². The molecule has 1 aromatic heterocycles. The molecular formula is C19H26N4O3S. The van der Waals surface area contributed by atoms with E-state index in [1.54, 1.807) is 7.11 Å². The van der Waals surface area contributed by atoms with Crippen LogP contribution in [0.15, 0.2) is 30.3 Å². The molecule has 1 unspecified atom stereocenters. The van der Waals surface area contributed by atoms with E-state index in [4.69, 9.17) is 4.74 Å². The quantitative estimate of drug-likeness (QED) is 0.775. The zero-order valence-electron chi connectivity index (χ0n) is 16.0. The average Bonchev–Trinajstić information content (AvgIpc) is 3.00. The van der Waals surface area contributed by atoms with Crippen molar-refractivity contribution in [3.05, 3.63) is 41.6 Å². The first-order valence-corrected chi connectivity index (χ1v) is 10.8. The van der Waals surface area contributed by atoms with Gasteiger partial charge in [0.05, 0.1) is 18.6 Å². The van der Waals surface area contributed by atoms with Gasteiger partial charge in [0, 0.05) is 31.4 Å². The highest BCUT2D eigenvalue weighted by Gasteiger charge is 2.31. The highest BCUT2D eigenvalue weighted by atomic mass is 32.2. The van der Waals surface area contributed by atoms with Crippen molar-refractivity contribution in [1.29, 1.82) is 0 Å². The van der Waals surface area contributed by atoms with Crippen LogP contribution in [0.25, 0.3) is 0 Å². The molecule has 3 rings (SSSR count). The van der Waals surface area contributed by atoms with Gasteiger partial charge >= 0.3 is 0 Å². The van der Waals surface area contributed by atoms with Crippen LogP contribution in [0.3, 0.4) is 0 Å². The van der Waals surface area contributed by atoms with E-state index in [2.05, 4.69) is 21.4 Å². The molecule has 0 radical (unpaired) electrons. The molecule has 0 spiro atoms. The standard InChI is InChI=1S/C19H26N4O3S/c1-14-11-18(20-9-7-15-5-4-6-17(12-15)26-3)22-19(21-14)23(2)16-8-10-27(24,25)13-16/h4-6,11-12,16H,7-10,13H2,1-3H3,(H,20,21,22). The number of ether oxygens (including phenoxy) is 1. The molecule has 1 aliphatic heterocycles. The molecule has 0 amide bonds. The largest absolute Gasteiger partial charge is 0.497 e. The van der Waals surface area contributed by atoms with Gasteiger partial charge in [-0.25, -0.2) is 13.4 Å². The Kier molecular flexibility index (Phi) is 5.84. The van der Waals surface area contributed by atoms with Crippen LogP contribution in [0, 0.1) is 6.92 Å². The second kappa shape index (κ2) is 8.12. The molecule has 0 bridgehead atoms. The lowest BCUT2D eigenvalue weighted by atomic mass is 10.1. The summed E-state index contributed by atoms with van der Waals surface area (Å²) in [6.45, 7) is 2.64. The summed E-state index contributed by atoms with van der Waals surface area (Å²) in [4.78, 5) is 10.9. The lowest BCUT2D eigenvalue weighted by Crippen LogP contribution is -2.34. The Balaban J connectivity index is 1.64. The Bertz CT molecular complexity index is 902. The molecule has 27 heavy (non-hydrogen) atoms. The van der Waals surface area contributed by atoms with Crippen molar-refractivity contribution >= 4 is 21.6 Å². The smallest absolute Gasteiger partial charge is 0.227 e. The van der Waals surface area contributed by atoms with Gasteiger partial charge in [-0.05, 0) is 37.5 Å². The Morgan fingerprint density at radius 1 is 1.30 bits per heavy atom. The van der Waals surface area contributed by atoms with E-state index in [1.165, 1.54) is 5.56 Å². The number of methoxy groups -OCH3 is 1. The van der Waals surface area contributed by atoms with Gasteiger partial charge in [0.15, 0.2) is 9.84 Å². The Hall–Kier alpha value is -2.35.